The fourth-order valence-corrected chi connectivity index (χ4v) is 2.33. The number of nitrogens with zero attached hydrogens (tertiary/aromatic N) is 1. The number of hydrogen-bond acceptors (Lipinski definition) is 4. The fraction of sp³-hybridized carbons (Fsp3) is 0.692. The Balaban J connectivity index is 1.81. The second kappa shape index (κ2) is 5.61. The minimum atomic E-state index is -0.179. The van der Waals surface area contributed by atoms with Crippen molar-refractivity contribution in [2.75, 3.05) is 20.3 Å². The van der Waals surface area contributed by atoms with Gasteiger partial charge in [0.1, 0.15) is 5.56 Å². The van der Waals surface area contributed by atoms with Crippen LogP contribution in [0, 0.1) is 5.41 Å². The third-order valence-corrected chi connectivity index (χ3v) is 3.68. The monoisotopic (exact) mass is 267 g/mol. The Morgan fingerprint density at radius 3 is 3.11 bits per heavy atom. The number of aromatic amines is 1. The van der Waals surface area contributed by atoms with Crippen LogP contribution in [-0.4, -0.2) is 42.5 Å². The quantitative estimate of drug-likeness (QED) is 0.844. The number of methoxy groups -OCH3 is 1. The lowest BCUT2D eigenvalue weighted by Gasteiger charge is -2.25. The van der Waals surface area contributed by atoms with E-state index in [9.17, 15) is 4.79 Å². The van der Waals surface area contributed by atoms with Crippen molar-refractivity contribution < 1.29 is 14.3 Å². The van der Waals surface area contributed by atoms with Crippen LogP contribution < -0.4 is 10.1 Å². The van der Waals surface area contributed by atoms with E-state index in [-0.39, 0.29) is 17.4 Å². The van der Waals surface area contributed by atoms with Crippen molar-refractivity contribution in [3.63, 3.8) is 0 Å². The predicted octanol–water partition coefficient (Wildman–Crippen LogP) is 1.35. The van der Waals surface area contributed by atoms with Gasteiger partial charge in [-0.15, -0.1) is 0 Å². The summed E-state index contributed by atoms with van der Waals surface area (Å²) >= 11 is 0. The highest BCUT2D eigenvalue weighted by atomic mass is 16.5. The molecule has 0 aliphatic carbocycles. The van der Waals surface area contributed by atoms with E-state index in [2.05, 4.69) is 29.4 Å². The standard InChI is InChI=1S/C13H21N3O3/c1-13(2)5-7-19-10(13)4-6-14-11(17)9-8-15-16-12(9)18-3/h8,10H,4-7H2,1-3H3,(H,14,17)(H,15,16). The third-order valence-electron chi connectivity index (χ3n) is 3.68. The average molecular weight is 267 g/mol. The van der Waals surface area contributed by atoms with Gasteiger partial charge in [0.15, 0.2) is 0 Å². The van der Waals surface area contributed by atoms with Crippen LogP contribution in [0.25, 0.3) is 0 Å². The van der Waals surface area contributed by atoms with Crippen LogP contribution in [-0.2, 0) is 4.74 Å². The summed E-state index contributed by atoms with van der Waals surface area (Å²) in [5, 5.41) is 9.28. The zero-order valence-corrected chi connectivity index (χ0v) is 11.7. The summed E-state index contributed by atoms with van der Waals surface area (Å²) in [5.41, 5.74) is 0.618. The van der Waals surface area contributed by atoms with Crippen molar-refractivity contribution in [2.24, 2.45) is 5.41 Å². The van der Waals surface area contributed by atoms with Gasteiger partial charge in [0.25, 0.3) is 5.91 Å². The van der Waals surface area contributed by atoms with Gasteiger partial charge in [-0.2, -0.15) is 5.10 Å². The molecule has 0 bridgehead atoms. The molecule has 1 aromatic heterocycles. The molecule has 0 radical (unpaired) electrons. The second-order valence-corrected chi connectivity index (χ2v) is 5.46. The molecule has 1 saturated heterocycles. The van der Waals surface area contributed by atoms with Crippen LogP contribution in [0.1, 0.15) is 37.0 Å². The minimum Gasteiger partial charge on any atom is -0.481 e. The lowest BCUT2D eigenvalue weighted by Crippen LogP contribution is -2.31. The van der Waals surface area contributed by atoms with E-state index in [1.807, 2.05) is 0 Å². The molecule has 1 aromatic rings. The summed E-state index contributed by atoms with van der Waals surface area (Å²) in [4.78, 5) is 11.9. The Labute approximate surface area is 112 Å². The first-order chi connectivity index (χ1) is 9.04. The van der Waals surface area contributed by atoms with Crippen LogP contribution in [0.15, 0.2) is 6.20 Å². The van der Waals surface area contributed by atoms with Crippen molar-refractivity contribution in [3.05, 3.63) is 11.8 Å². The maximum Gasteiger partial charge on any atom is 0.258 e. The maximum atomic E-state index is 11.9. The number of rotatable bonds is 5. The highest BCUT2D eigenvalue weighted by Gasteiger charge is 2.35. The molecular weight excluding hydrogens is 246 g/mol. The van der Waals surface area contributed by atoms with Crippen LogP contribution >= 0.6 is 0 Å². The van der Waals surface area contributed by atoms with E-state index in [1.54, 1.807) is 0 Å². The van der Waals surface area contributed by atoms with E-state index in [0.29, 0.717) is 18.0 Å². The SMILES string of the molecule is COc1[nH]ncc1C(=O)NCCC1OCCC1(C)C. The van der Waals surface area contributed by atoms with E-state index in [1.165, 1.54) is 13.3 Å². The zero-order chi connectivity index (χ0) is 13.9. The summed E-state index contributed by atoms with van der Waals surface area (Å²) in [6.45, 7) is 5.79. The number of carbonyl (C=O) groups excluding carboxylic acids is 1. The molecule has 1 aliphatic heterocycles. The zero-order valence-electron chi connectivity index (χ0n) is 11.7. The Morgan fingerprint density at radius 2 is 2.47 bits per heavy atom. The summed E-state index contributed by atoms with van der Waals surface area (Å²) in [6.07, 6.45) is 3.56. The molecule has 1 atom stereocenters. The molecule has 6 heteroatoms. The topological polar surface area (TPSA) is 76.2 Å². The van der Waals surface area contributed by atoms with Gasteiger partial charge in [0.05, 0.1) is 19.4 Å². The Bertz CT molecular complexity index is 442. The molecule has 0 saturated carbocycles. The number of hydrogen-bond donors (Lipinski definition) is 2. The summed E-state index contributed by atoms with van der Waals surface area (Å²) in [6, 6.07) is 0. The highest BCUT2D eigenvalue weighted by molar-refractivity contribution is 5.96. The molecule has 1 fully saturated rings. The molecular formula is C13H21N3O3. The largest absolute Gasteiger partial charge is 0.481 e. The molecule has 1 unspecified atom stereocenters. The summed E-state index contributed by atoms with van der Waals surface area (Å²) in [7, 11) is 1.50. The van der Waals surface area contributed by atoms with E-state index in [4.69, 9.17) is 9.47 Å². The first-order valence-corrected chi connectivity index (χ1v) is 6.52. The number of amides is 1. The Kier molecular flexibility index (Phi) is 4.09. The lowest BCUT2D eigenvalue weighted by molar-refractivity contribution is 0.0564. The van der Waals surface area contributed by atoms with Gasteiger partial charge in [-0.1, -0.05) is 13.8 Å². The number of H-pyrrole nitrogens is 1. The molecule has 1 aliphatic rings. The van der Waals surface area contributed by atoms with Gasteiger partial charge >= 0.3 is 0 Å². The van der Waals surface area contributed by atoms with E-state index < -0.39 is 0 Å². The Hall–Kier alpha value is -1.56. The van der Waals surface area contributed by atoms with Crippen LogP contribution in [0.3, 0.4) is 0 Å². The molecule has 106 valence electrons. The molecule has 2 N–H and O–H groups in total. The normalized spacial score (nSPS) is 21.3. The van der Waals surface area contributed by atoms with Crippen LogP contribution in [0.4, 0.5) is 0 Å². The smallest absolute Gasteiger partial charge is 0.258 e. The third kappa shape index (κ3) is 3.07. The molecule has 2 heterocycles. The van der Waals surface area contributed by atoms with Gasteiger partial charge in [-0.3, -0.25) is 4.79 Å². The Morgan fingerprint density at radius 1 is 1.68 bits per heavy atom. The average Bonchev–Trinajstić information content (AvgIpc) is 2.95. The van der Waals surface area contributed by atoms with E-state index in [0.717, 1.165) is 19.4 Å². The maximum absolute atomic E-state index is 11.9. The number of carbonyl (C=O) groups is 1. The van der Waals surface area contributed by atoms with Gasteiger partial charge in [-0.25, -0.2) is 5.10 Å². The lowest BCUT2D eigenvalue weighted by atomic mass is 9.84. The number of ether oxygens (including phenoxy) is 2. The van der Waals surface area contributed by atoms with Crippen molar-refractivity contribution in [1.82, 2.24) is 15.5 Å². The van der Waals surface area contributed by atoms with Gasteiger partial charge in [0, 0.05) is 13.2 Å². The molecule has 19 heavy (non-hydrogen) atoms. The van der Waals surface area contributed by atoms with Crippen molar-refractivity contribution in [2.45, 2.75) is 32.8 Å². The van der Waals surface area contributed by atoms with Crippen molar-refractivity contribution in [3.8, 4) is 5.88 Å². The minimum absolute atomic E-state index is 0.179. The molecule has 2 rings (SSSR count). The van der Waals surface area contributed by atoms with Crippen LogP contribution in [0.5, 0.6) is 5.88 Å². The first kappa shape index (κ1) is 13.9. The summed E-state index contributed by atoms with van der Waals surface area (Å²) in [5.74, 6) is 0.205. The van der Waals surface area contributed by atoms with Crippen LogP contribution in [0.2, 0.25) is 0 Å². The first-order valence-electron chi connectivity index (χ1n) is 6.52. The number of aromatic nitrogens is 2. The molecule has 0 aromatic carbocycles. The summed E-state index contributed by atoms with van der Waals surface area (Å²) < 4.78 is 10.7. The molecule has 6 nitrogen and oxygen atoms in total. The second-order valence-electron chi connectivity index (χ2n) is 5.46. The number of nitrogens with one attached hydrogen (secondary N) is 2. The van der Waals surface area contributed by atoms with Gasteiger partial charge in [-0.05, 0) is 18.3 Å². The van der Waals surface area contributed by atoms with Crippen molar-refractivity contribution in [1.29, 1.82) is 0 Å². The molecule has 0 spiro atoms. The fourth-order valence-electron chi connectivity index (χ4n) is 2.33. The van der Waals surface area contributed by atoms with Gasteiger partial charge in [0.2, 0.25) is 5.88 Å². The highest BCUT2D eigenvalue weighted by Crippen LogP contribution is 2.35. The molecule has 1 amide bonds. The van der Waals surface area contributed by atoms with Crippen molar-refractivity contribution >= 4 is 5.91 Å². The predicted molar refractivity (Wildman–Crippen MR) is 70.2 cm³/mol. The van der Waals surface area contributed by atoms with E-state index >= 15 is 0 Å². The van der Waals surface area contributed by atoms with Gasteiger partial charge < -0.3 is 14.8 Å².